The smallest absolute Gasteiger partial charge is 0.273 e. The molecule has 0 saturated heterocycles. The van der Waals surface area contributed by atoms with Crippen LogP contribution in [0.4, 0.5) is 0 Å². The number of rotatable bonds is 0. The van der Waals surface area contributed by atoms with Crippen LogP contribution in [-0.4, -0.2) is 15.2 Å². The molecule has 2 rings (SSSR count). The van der Waals surface area contributed by atoms with Gasteiger partial charge in [0, 0.05) is 9.77 Å². The fourth-order valence-corrected chi connectivity index (χ4v) is 1.35. The fraction of sp³-hybridized carbons (Fsp3) is 0. The molecule has 0 spiro atoms. The van der Waals surface area contributed by atoms with Crippen LogP contribution >= 0.6 is 22.6 Å². The molecule has 0 bridgehead atoms. The second kappa shape index (κ2) is 2.33. The van der Waals surface area contributed by atoms with Gasteiger partial charge in [-0.05, 0) is 28.7 Å². The molecule has 5 heteroatoms. The summed E-state index contributed by atoms with van der Waals surface area (Å²) >= 11 is 2.11. The van der Waals surface area contributed by atoms with Crippen molar-refractivity contribution in [2.24, 2.45) is 0 Å². The lowest BCUT2D eigenvalue weighted by Gasteiger charge is -1.86. The molecule has 4 nitrogen and oxygen atoms in total. The van der Waals surface area contributed by atoms with Crippen LogP contribution in [0.25, 0.3) is 11.0 Å². The Hall–Kier alpha value is -0.850. The zero-order valence-corrected chi connectivity index (χ0v) is 7.55. The Labute approximate surface area is 75.2 Å². The predicted molar refractivity (Wildman–Crippen MR) is 49.4 cm³/mol. The highest BCUT2D eigenvalue weighted by Crippen LogP contribution is 2.07. The topological polar surface area (TPSA) is 61.5 Å². The number of aromatic nitrogens is 3. The van der Waals surface area contributed by atoms with Gasteiger partial charge in [0.15, 0.2) is 5.65 Å². The normalized spacial score (nSPS) is 10.6. The first-order chi connectivity index (χ1) is 5.27. The number of H-pyrrole nitrogens is 2. The van der Waals surface area contributed by atoms with E-state index in [2.05, 4.69) is 37.8 Å². The van der Waals surface area contributed by atoms with Crippen molar-refractivity contribution in [3.8, 4) is 0 Å². The van der Waals surface area contributed by atoms with Crippen LogP contribution in [0.15, 0.2) is 17.1 Å². The van der Waals surface area contributed by atoms with Gasteiger partial charge in [-0.15, -0.1) is 0 Å². The zero-order valence-electron chi connectivity index (χ0n) is 5.39. The fourth-order valence-electron chi connectivity index (χ4n) is 0.895. The average molecular weight is 261 g/mol. The molecule has 0 unspecified atom stereocenters. The monoisotopic (exact) mass is 261 g/mol. The molecule has 0 aliphatic carbocycles. The number of fused-ring (bicyclic) bond motifs is 1. The van der Waals surface area contributed by atoms with Gasteiger partial charge in [0.1, 0.15) is 0 Å². The van der Waals surface area contributed by atoms with Crippen LogP contribution in [0, 0.1) is 3.57 Å². The van der Waals surface area contributed by atoms with Crippen LogP contribution in [0.3, 0.4) is 0 Å². The Morgan fingerprint density at radius 3 is 3.09 bits per heavy atom. The lowest BCUT2D eigenvalue weighted by Crippen LogP contribution is -1.97. The lowest BCUT2D eigenvalue weighted by atomic mass is 10.4. The highest BCUT2D eigenvalue weighted by molar-refractivity contribution is 14.1. The van der Waals surface area contributed by atoms with Crippen molar-refractivity contribution in [1.82, 2.24) is 15.2 Å². The maximum atomic E-state index is 11.0. The van der Waals surface area contributed by atoms with E-state index in [0.29, 0.717) is 11.0 Å². The summed E-state index contributed by atoms with van der Waals surface area (Å²) in [6, 6.07) is 1.79. The van der Waals surface area contributed by atoms with Crippen molar-refractivity contribution in [3.05, 3.63) is 26.2 Å². The molecular weight excluding hydrogens is 257 g/mol. The number of halogens is 1. The van der Waals surface area contributed by atoms with E-state index in [1.165, 1.54) is 0 Å². The van der Waals surface area contributed by atoms with Gasteiger partial charge >= 0.3 is 0 Å². The van der Waals surface area contributed by atoms with Gasteiger partial charge in [-0.25, -0.2) is 4.98 Å². The molecule has 0 atom stereocenters. The van der Waals surface area contributed by atoms with E-state index in [4.69, 9.17) is 0 Å². The molecule has 0 radical (unpaired) electrons. The lowest BCUT2D eigenvalue weighted by molar-refractivity contribution is 1.06. The Morgan fingerprint density at radius 2 is 2.27 bits per heavy atom. The SMILES string of the molecule is O=c1[nH][nH]c2ncc(I)cc12. The van der Waals surface area contributed by atoms with Gasteiger partial charge in [-0.1, -0.05) is 0 Å². The second-order valence-electron chi connectivity index (χ2n) is 2.13. The van der Waals surface area contributed by atoms with Crippen molar-refractivity contribution in [2.75, 3.05) is 0 Å². The number of nitrogens with zero attached hydrogens (tertiary/aromatic N) is 1. The van der Waals surface area contributed by atoms with E-state index in [1.807, 2.05) is 0 Å². The van der Waals surface area contributed by atoms with Gasteiger partial charge in [0.25, 0.3) is 5.56 Å². The summed E-state index contributed by atoms with van der Waals surface area (Å²) in [7, 11) is 0. The molecule has 0 aromatic carbocycles. The molecule has 0 saturated carbocycles. The summed E-state index contributed by atoms with van der Waals surface area (Å²) in [6.07, 6.45) is 1.70. The third-order valence-electron chi connectivity index (χ3n) is 1.39. The quantitative estimate of drug-likeness (QED) is 0.691. The third kappa shape index (κ3) is 1.05. The molecule has 56 valence electrons. The van der Waals surface area contributed by atoms with Crippen molar-refractivity contribution in [1.29, 1.82) is 0 Å². The summed E-state index contributed by atoms with van der Waals surface area (Å²) in [5.41, 5.74) is 0.487. The van der Waals surface area contributed by atoms with E-state index in [1.54, 1.807) is 12.3 Å². The molecule has 0 aliphatic heterocycles. The van der Waals surface area contributed by atoms with Crippen LogP contribution in [0.1, 0.15) is 0 Å². The van der Waals surface area contributed by atoms with E-state index < -0.39 is 0 Å². The van der Waals surface area contributed by atoms with Crippen molar-refractivity contribution in [2.45, 2.75) is 0 Å². The molecule has 2 aromatic heterocycles. The molecule has 2 aromatic rings. The van der Waals surface area contributed by atoms with E-state index in [0.717, 1.165) is 3.57 Å². The predicted octanol–water partition coefficient (Wildman–Crippen LogP) is 0.856. The Balaban J connectivity index is 2.99. The summed E-state index contributed by atoms with van der Waals surface area (Å²) < 4.78 is 0.959. The first-order valence-corrected chi connectivity index (χ1v) is 4.07. The molecule has 2 heterocycles. The molecule has 11 heavy (non-hydrogen) atoms. The highest BCUT2D eigenvalue weighted by atomic mass is 127. The van der Waals surface area contributed by atoms with Gasteiger partial charge in [0.05, 0.1) is 5.39 Å². The first-order valence-electron chi connectivity index (χ1n) is 2.99. The Morgan fingerprint density at radius 1 is 1.45 bits per heavy atom. The molecule has 0 amide bonds. The van der Waals surface area contributed by atoms with Gasteiger partial charge < -0.3 is 0 Å². The Bertz CT molecular complexity index is 444. The summed E-state index contributed by atoms with van der Waals surface area (Å²) in [5.74, 6) is 0. The summed E-state index contributed by atoms with van der Waals surface area (Å²) in [4.78, 5) is 15.0. The molecular formula is C6H4IN3O. The van der Waals surface area contributed by atoms with Crippen LogP contribution in [-0.2, 0) is 0 Å². The summed E-state index contributed by atoms with van der Waals surface area (Å²) in [5, 5.41) is 5.73. The van der Waals surface area contributed by atoms with Gasteiger partial charge in [-0.3, -0.25) is 15.0 Å². The minimum absolute atomic E-state index is 0.119. The minimum atomic E-state index is -0.119. The van der Waals surface area contributed by atoms with Gasteiger partial charge in [-0.2, -0.15) is 0 Å². The van der Waals surface area contributed by atoms with E-state index >= 15 is 0 Å². The zero-order chi connectivity index (χ0) is 7.84. The van der Waals surface area contributed by atoms with Crippen molar-refractivity contribution < 1.29 is 0 Å². The third-order valence-corrected chi connectivity index (χ3v) is 1.98. The molecule has 0 aliphatic rings. The minimum Gasteiger partial charge on any atom is -0.281 e. The second-order valence-corrected chi connectivity index (χ2v) is 3.37. The largest absolute Gasteiger partial charge is 0.281 e. The maximum absolute atomic E-state index is 11.0. The van der Waals surface area contributed by atoms with Gasteiger partial charge in [0.2, 0.25) is 0 Å². The van der Waals surface area contributed by atoms with Crippen LogP contribution < -0.4 is 5.56 Å². The summed E-state index contributed by atoms with van der Waals surface area (Å²) in [6.45, 7) is 0. The van der Waals surface area contributed by atoms with E-state index in [-0.39, 0.29) is 5.56 Å². The van der Waals surface area contributed by atoms with Crippen LogP contribution in [0.2, 0.25) is 0 Å². The standard InChI is InChI=1S/C6H4IN3O/c7-3-1-4-5(8-2-3)9-10-6(4)11/h1-2H,(H2,8,9,10,11). The van der Waals surface area contributed by atoms with Crippen molar-refractivity contribution in [3.63, 3.8) is 0 Å². The molecule has 0 fully saturated rings. The average Bonchev–Trinajstić information content (AvgIpc) is 2.33. The highest BCUT2D eigenvalue weighted by Gasteiger charge is 2.00. The number of hydrogen-bond donors (Lipinski definition) is 2. The maximum Gasteiger partial charge on any atom is 0.273 e. The number of nitrogens with one attached hydrogen (secondary N) is 2. The first kappa shape index (κ1) is 6.84. The molecule has 2 N–H and O–H groups in total. The number of aromatic amines is 2. The van der Waals surface area contributed by atoms with Crippen LogP contribution in [0.5, 0.6) is 0 Å². The Kier molecular flexibility index (Phi) is 1.45. The van der Waals surface area contributed by atoms with E-state index in [9.17, 15) is 4.79 Å². The number of pyridine rings is 1. The van der Waals surface area contributed by atoms with Crippen molar-refractivity contribution >= 4 is 33.6 Å². The number of hydrogen-bond acceptors (Lipinski definition) is 2.